The molecule has 1 aromatic heterocycles. The van der Waals surface area contributed by atoms with Crippen LogP contribution in [0.2, 0.25) is 0 Å². The van der Waals surface area contributed by atoms with Gasteiger partial charge in [-0.3, -0.25) is 0 Å². The average molecular weight is 901 g/mol. The third kappa shape index (κ3) is 7.57. The van der Waals surface area contributed by atoms with E-state index < -0.39 is 0 Å². The standard InChI is InChI=1S/C54H46N.Ir/c1-54(2)50-31-28-40-20-10-11-26-48(40)53(50)49-30-27-46(36-51(49)54)52-32-29-47(37-55-52)45-25-14-24-44(35-45)43-23-13-22-42(34-43)41-21-12-19-39(33-41)18-7-4-3-6-15-38-16-8-5-9-17-38;/h5,8-14,16-17,19-26,28-37H,3-4,6-7,15,18H2,1-2H3;/q-1;. The molecule has 0 aliphatic heterocycles. The minimum Gasteiger partial charge on any atom is -0.304 e. The normalized spacial score (nSPS) is 12.5. The summed E-state index contributed by atoms with van der Waals surface area (Å²) >= 11 is 0. The quantitative estimate of drug-likeness (QED) is 0.0931. The van der Waals surface area contributed by atoms with E-state index in [1.807, 2.05) is 6.20 Å². The van der Waals surface area contributed by atoms with Gasteiger partial charge in [-0.2, -0.15) is 0 Å². The number of rotatable bonds is 11. The molecule has 1 nitrogen and oxygen atoms in total. The van der Waals surface area contributed by atoms with Gasteiger partial charge in [0.05, 0.1) is 0 Å². The van der Waals surface area contributed by atoms with Crippen molar-refractivity contribution >= 4 is 10.8 Å². The zero-order valence-corrected chi connectivity index (χ0v) is 34.6. The van der Waals surface area contributed by atoms with E-state index in [0.717, 1.165) is 28.8 Å². The number of aryl methyl sites for hydroxylation is 2. The van der Waals surface area contributed by atoms with Gasteiger partial charge in [-0.15, -0.1) is 29.3 Å². The third-order valence-corrected chi connectivity index (χ3v) is 11.7. The molecule has 0 amide bonds. The number of hydrogen-bond donors (Lipinski definition) is 0. The van der Waals surface area contributed by atoms with Crippen LogP contribution in [0.5, 0.6) is 0 Å². The summed E-state index contributed by atoms with van der Waals surface area (Å²) in [4.78, 5) is 4.98. The predicted molar refractivity (Wildman–Crippen MR) is 232 cm³/mol. The summed E-state index contributed by atoms with van der Waals surface area (Å²) < 4.78 is 0. The first-order valence-electron chi connectivity index (χ1n) is 19.9. The summed E-state index contributed by atoms with van der Waals surface area (Å²) in [5.41, 5.74) is 17.3. The fourth-order valence-corrected chi connectivity index (χ4v) is 8.63. The Hall–Kier alpha value is -5.40. The van der Waals surface area contributed by atoms with Crippen LogP contribution in [0.25, 0.3) is 66.5 Å². The second kappa shape index (κ2) is 16.4. The smallest absolute Gasteiger partial charge is 0.0239 e. The average Bonchev–Trinajstić information content (AvgIpc) is 3.48. The fraction of sp³-hybridized carbons (Fsp3) is 0.167. The van der Waals surface area contributed by atoms with Gasteiger partial charge in [0.25, 0.3) is 0 Å². The fourth-order valence-electron chi connectivity index (χ4n) is 8.63. The molecular weight excluding hydrogens is 855 g/mol. The Morgan fingerprint density at radius 2 is 1.11 bits per heavy atom. The van der Waals surface area contributed by atoms with E-state index in [4.69, 9.17) is 4.98 Å². The van der Waals surface area contributed by atoms with Crippen molar-refractivity contribution in [3.63, 3.8) is 0 Å². The van der Waals surface area contributed by atoms with Crippen LogP contribution in [0.4, 0.5) is 0 Å². The molecule has 0 fully saturated rings. The van der Waals surface area contributed by atoms with Crippen molar-refractivity contribution in [2.75, 3.05) is 0 Å². The van der Waals surface area contributed by atoms with Gasteiger partial charge in [0.2, 0.25) is 0 Å². The van der Waals surface area contributed by atoms with Crippen LogP contribution in [-0.4, -0.2) is 4.98 Å². The maximum atomic E-state index is 4.98. The van der Waals surface area contributed by atoms with E-state index in [1.165, 1.54) is 98.5 Å². The van der Waals surface area contributed by atoms with Crippen LogP contribution in [0.15, 0.2) is 170 Å². The van der Waals surface area contributed by atoms with Crippen LogP contribution in [0.3, 0.4) is 0 Å². The van der Waals surface area contributed by atoms with Crippen molar-refractivity contribution in [3.05, 3.63) is 198 Å². The second-order valence-corrected chi connectivity index (χ2v) is 15.7. The van der Waals surface area contributed by atoms with Crippen molar-refractivity contribution in [1.29, 1.82) is 0 Å². The van der Waals surface area contributed by atoms with E-state index >= 15 is 0 Å². The molecule has 1 aliphatic rings. The maximum absolute atomic E-state index is 4.98. The molecule has 0 N–H and O–H groups in total. The van der Waals surface area contributed by atoms with E-state index in [1.54, 1.807) is 0 Å². The van der Waals surface area contributed by atoms with Crippen molar-refractivity contribution in [3.8, 4) is 55.8 Å². The molecule has 8 aromatic rings. The summed E-state index contributed by atoms with van der Waals surface area (Å²) in [6, 6.07) is 63.5. The van der Waals surface area contributed by atoms with E-state index in [-0.39, 0.29) is 25.5 Å². The Morgan fingerprint density at radius 3 is 1.80 bits per heavy atom. The number of pyridine rings is 1. The van der Waals surface area contributed by atoms with Crippen LogP contribution in [0.1, 0.15) is 61.8 Å². The first-order chi connectivity index (χ1) is 27.0. The molecule has 1 aliphatic carbocycles. The molecule has 0 bridgehead atoms. The second-order valence-electron chi connectivity index (χ2n) is 15.7. The SMILES string of the molecule is CC1(C)c2cc(-c3ccc(-c4cccc(-c5cccc(-c6cccc(CCCCCCc7ccccc7)c6)c5)c4)cn3)[c-]cc2-c2c1ccc1ccccc21.[Ir]. The van der Waals surface area contributed by atoms with E-state index in [0.29, 0.717) is 0 Å². The minimum absolute atomic E-state index is 0. The maximum Gasteiger partial charge on any atom is 0.0239 e. The Balaban J connectivity index is 0.00000441. The monoisotopic (exact) mass is 901 g/mol. The van der Waals surface area contributed by atoms with Crippen LogP contribution in [-0.2, 0) is 38.4 Å². The predicted octanol–water partition coefficient (Wildman–Crippen LogP) is 14.4. The van der Waals surface area contributed by atoms with Gasteiger partial charge in [-0.05, 0) is 115 Å². The van der Waals surface area contributed by atoms with Gasteiger partial charge in [0, 0.05) is 26.3 Å². The van der Waals surface area contributed by atoms with Gasteiger partial charge in [0.1, 0.15) is 0 Å². The Labute approximate surface area is 345 Å². The molecule has 1 radical (unpaired) electrons. The molecular formula is C54H46IrN-. The zero-order valence-electron chi connectivity index (χ0n) is 32.2. The van der Waals surface area contributed by atoms with Crippen LogP contribution in [0, 0.1) is 6.07 Å². The van der Waals surface area contributed by atoms with Gasteiger partial charge in [-0.25, -0.2) is 0 Å². The summed E-state index contributed by atoms with van der Waals surface area (Å²) in [6.07, 6.45) is 9.38. The van der Waals surface area contributed by atoms with Crippen molar-refractivity contribution in [1.82, 2.24) is 4.98 Å². The zero-order chi connectivity index (χ0) is 37.2. The number of nitrogens with zero attached hydrogens (tertiary/aromatic N) is 1. The first-order valence-corrected chi connectivity index (χ1v) is 19.9. The Kier molecular flexibility index (Phi) is 11.0. The largest absolute Gasteiger partial charge is 0.304 e. The van der Waals surface area contributed by atoms with Crippen LogP contribution >= 0.6 is 0 Å². The molecule has 1 heterocycles. The van der Waals surface area contributed by atoms with E-state index in [2.05, 4.69) is 184 Å². The van der Waals surface area contributed by atoms with Gasteiger partial charge in [-0.1, -0.05) is 172 Å². The number of hydrogen-bond acceptors (Lipinski definition) is 1. The van der Waals surface area contributed by atoms with Gasteiger partial charge >= 0.3 is 0 Å². The number of fused-ring (bicyclic) bond motifs is 5. The Bertz CT molecular complexity index is 2620. The minimum atomic E-state index is -0.0954. The summed E-state index contributed by atoms with van der Waals surface area (Å²) in [7, 11) is 0. The topological polar surface area (TPSA) is 12.9 Å². The molecule has 0 atom stereocenters. The third-order valence-electron chi connectivity index (χ3n) is 11.7. The van der Waals surface area contributed by atoms with Gasteiger partial charge < -0.3 is 4.98 Å². The number of unbranched alkanes of at least 4 members (excludes halogenated alkanes) is 3. The van der Waals surface area contributed by atoms with Gasteiger partial charge in [0.15, 0.2) is 0 Å². The van der Waals surface area contributed by atoms with Crippen molar-refractivity contribution in [2.45, 2.75) is 57.8 Å². The Morgan fingerprint density at radius 1 is 0.500 bits per heavy atom. The summed E-state index contributed by atoms with van der Waals surface area (Å²) in [5, 5.41) is 2.59. The van der Waals surface area contributed by atoms with Crippen molar-refractivity contribution in [2.24, 2.45) is 0 Å². The molecule has 0 spiro atoms. The summed E-state index contributed by atoms with van der Waals surface area (Å²) in [5.74, 6) is 0. The van der Waals surface area contributed by atoms with Crippen LogP contribution < -0.4 is 0 Å². The number of benzene rings is 7. The molecule has 9 rings (SSSR count). The molecule has 56 heavy (non-hydrogen) atoms. The molecule has 7 aromatic carbocycles. The van der Waals surface area contributed by atoms with Crippen molar-refractivity contribution < 1.29 is 20.1 Å². The molecule has 0 saturated carbocycles. The molecule has 277 valence electrons. The molecule has 2 heteroatoms. The molecule has 0 saturated heterocycles. The summed E-state index contributed by atoms with van der Waals surface area (Å²) in [6.45, 7) is 4.67. The van der Waals surface area contributed by atoms with E-state index in [9.17, 15) is 0 Å². The number of aromatic nitrogens is 1. The first kappa shape index (κ1) is 37.5. The molecule has 0 unspecified atom stereocenters.